The first-order chi connectivity index (χ1) is 8.40. The SMILES string of the molecule is [2H]C1=C([2H])C([2H])C([2H])(c2ccccc2)C([2H])=C1[2H]. The predicted octanol–water partition coefficient (Wildman–Crippen LogP) is 3.29. The quantitative estimate of drug-likeness (QED) is 0.594. The number of rotatable bonds is 1. The van der Waals surface area contributed by atoms with Crippen molar-refractivity contribution in [2.45, 2.75) is 12.3 Å². The molecule has 2 unspecified atom stereocenters. The summed E-state index contributed by atoms with van der Waals surface area (Å²) in [6.45, 7) is 0. The highest BCUT2D eigenvalue weighted by molar-refractivity contribution is 5.28. The van der Waals surface area contributed by atoms with E-state index < -0.39 is 30.4 Å². The van der Waals surface area contributed by atoms with Crippen molar-refractivity contribution >= 4 is 0 Å². The van der Waals surface area contributed by atoms with Gasteiger partial charge in [0, 0.05) is 8.64 Å². The van der Waals surface area contributed by atoms with E-state index in [9.17, 15) is 0 Å². The number of benzene rings is 1. The molecule has 1 aliphatic rings. The molecular weight excluding hydrogens is 144 g/mol. The van der Waals surface area contributed by atoms with E-state index in [2.05, 4.69) is 0 Å². The minimum absolute atomic E-state index is 0.380. The zero-order valence-corrected chi connectivity index (χ0v) is 6.46. The summed E-state index contributed by atoms with van der Waals surface area (Å²) in [6, 6.07) is 6.72. The van der Waals surface area contributed by atoms with Gasteiger partial charge in [0.15, 0.2) is 0 Å². The molecule has 2 atom stereocenters. The van der Waals surface area contributed by atoms with Crippen molar-refractivity contribution < 1.29 is 8.22 Å². The minimum atomic E-state index is -1.78. The van der Waals surface area contributed by atoms with Gasteiger partial charge in [0.05, 0.1) is 5.48 Å². The summed E-state index contributed by atoms with van der Waals surface area (Å²) < 4.78 is 46.9. The van der Waals surface area contributed by atoms with Crippen molar-refractivity contribution in [1.29, 1.82) is 0 Å². The van der Waals surface area contributed by atoms with Crippen LogP contribution in [0.5, 0.6) is 0 Å². The summed E-state index contributed by atoms with van der Waals surface area (Å²) in [5, 5.41) is 0. The molecule has 1 aromatic carbocycles. The van der Waals surface area contributed by atoms with E-state index in [1.807, 2.05) is 0 Å². The van der Waals surface area contributed by atoms with Gasteiger partial charge in [0.1, 0.15) is 0 Å². The van der Waals surface area contributed by atoms with Gasteiger partial charge in [-0.3, -0.25) is 0 Å². The summed E-state index contributed by atoms with van der Waals surface area (Å²) in [4.78, 5) is 0. The van der Waals surface area contributed by atoms with Gasteiger partial charge in [-0.15, -0.1) is 0 Å². The van der Waals surface area contributed by atoms with Crippen molar-refractivity contribution in [3.05, 3.63) is 60.1 Å². The van der Waals surface area contributed by atoms with Crippen molar-refractivity contribution in [2.75, 3.05) is 0 Å². The lowest BCUT2D eigenvalue weighted by Gasteiger charge is -2.12. The Hall–Kier alpha value is -1.30. The Bertz CT molecular complexity index is 533. The van der Waals surface area contributed by atoms with Crippen LogP contribution in [0.1, 0.15) is 26.1 Å². The molecule has 0 amide bonds. The van der Waals surface area contributed by atoms with Crippen LogP contribution in [-0.2, 0) is 0 Å². The van der Waals surface area contributed by atoms with E-state index in [4.69, 9.17) is 8.22 Å². The molecule has 0 heterocycles. The summed E-state index contributed by atoms with van der Waals surface area (Å²) in [5.74, 6) is -1.78. The molecular formula is C12H12. The third-order valence-corrected chi connectivity index (χ3v) is 1.63. The maximum absolute atomic E-state index is 8.33. The standard InChI is InChI=1S/C12H12/c1-3-7-11(8-4-1)12-9-5-2-6-10-12/h1-9,12H,10H2/i2D,5D,6D,9D,10D,12D. The lowest BCUT2D eigenvalue weighted by Crippen LogP contribution is -1.94. The minimum Gasteiger partial charge on any atom is -0.0836 e. The summed E-state index contributed by atoms with van der Waals surface area (Å²) in [6.07, 6.45) is -1.35. The van der Waals surface area contributed by atoms with Gasteiger partial charge < -0.3 is 0 Å². The monoisotopic (exact) mass is 162 g/mol. The highest BCUT2D eigenvalue weighted by atomic mass is 14.1. The molecule has 2 rings (SSSR count). The van der Waals surface area contributed by atoms with Crippen LogP contribution >= 0.6 is 0 Å². The van der Waals surface area contributed by atoms with E-state index >= 15 is 0 Å². The summed E-state index contributed by atoms with van der Waals surface area (Å²) in [7, 11) is 0. The normalized spacial score (nSPS) is 43.8. The highest BCUT2D eigenvalue weighted by Gasteiger charge is 2.06. The average Bonchev–Trinajstić information content (AvgIpc) is 2.42. The Morgan fingerprint density at radius 1 is 1.33 bits per heavy atom. The summed E-state index contributed by atoms with van der Waals surface area (Å²) in [5.41, 5.74) is 0.400. The summed E-state index contributed by atoms with van der Waals surface area (Å²) >= 11 is 0. The highest BCUT2D eigenvalue weighted by Crippen LogP contribution is 2.23. The maximum atomic E-state index is 8.33. The predicted molar refractivity (Wildman–Crippen MR) is 52.1 cm³/mol. The smallest absolute Gasteiger partial charge is 0.0619 e. The van der Waals surface area contributed by atoms with Crippen LogP contribution < -0.4 is 0 Å². The van der Waals surface area contributed by atoms with Gasteiger partial charge >= 0.3 is 0 Å². The molecule has 1 aromatic rings. The third kappa shape index (κ3) is 1.48. The van der Waals surface area contributed by atoms with E-state index in [1.54, 1.807) is 30.3 Å². The van der Waals surface area contributed by atoms with Crippen molar-refractivity contribution in [3.63, 3.8) is 0 Å². The zero-order valence-electron chi connectivity index (χ0n) is 12.5. The fraction of sp³-hybridized carbons (Fsp3) is 0.167. The first-order valence-corrected chi connectivity index (χ1v) is 3.74. The van der Waals surface area contributed by atoms with Crippen molar-refractivity contribution in [3.8, 4) is 0 Å². The van der Waals surface area contributed by atoms with Crippen molar-refractivity contribution in [1.82, 2.24) is 0 Å². The van der Waals surface area contributed by atoms with Gasteiger partial charge in [-0.1, -0.05) is 54.5 Å². The molecule has 0 N–H and O–H groups in total. The van der Waals surface area contributed by atoms with Crippen LogP contribution in [0, 0.1) is 0 Å². The topological polar surface area (TPSA) is 0 Å². The molecule has 0 spiro atoms. The molecule has 12 heavy (non-hydrogen) atoms. The van der Waals surface area contributed by atoms with Crippen LogP contribution in [0.15, 0.2) is 54.5 Å². The van der Waals surface area contributed by atoms with E-state index in [0.29, 0.717) is 5.56 Å². The van der Waals surface area contributed by atoms with Gasteiger partial charge in [0.2, 0.25) is 0 Å². The van der Waals surface area contributed by atoms with Crippen LogP contribution in [0.4, 0.5) is 0 Å². The first kappa shape index (κ1) is 3.21. The molecule has 1 aliphatic carbocycles. The van der Waals surface area contributed by atoms with Crippen LogP contribution in [0.2, 0.25) is 0 Å². The fourth-order valence-electron chi connectivity index (χ4n) is 1.05. The molecule has 0 saturated heterocycles. The second kappa shape index (κ2) is 3.40. The Morgan fingerprint density at radius 2 is 2.17 bits per heavy atom. The van der Waals surface area contributed by atoms with Crippen LogP contribution in [-0.4, -0.2) is 0 Å². The lowest BCUT2D eigenvalue weighted by molar-refractivity contribution is 0.854. The largest absolute Gasteiger partial charge is 0.0836 e. The first-order valence-electron chi connectivity index (χ1n) is 6.82. The maximum Gasteiger partial charge on any atom is 0.0619 e. The number of allylic oxidation sites excluding steroid dienone is 4. The van der Waals surface area contributed by atoms with Gasteiger partial charge in [-0.05, 0) is 12.0 Å². The third-order valence-electron chi connectivity index (χ3n) is 1.63. The molecule has 60 valence electrons. The molecule has 0 aliphatic heterocycles. The molecule has 0 nitrogen and oxygen atoms in total. The van der Waals surface area contributed by atoms with Crippen LogP contribution in [0.25, 0.3) is 0 Å². The fourth-order valence-corrected chi connectivity index (χ4v) is 1.05. The number of hydrogen-bond acceptors (Lipinski definition) is 0. The molecule has 0 saturated carbocycles. The Morgan fingerprint density at radius 3 is 3.00 bits per heavy atom. The van der Waals surface area contributed by atoms with E-state index in [-0.39, 0.29) is 6.05 Å². The molecule has 0 heteroatoms. The second-order valence-corrected chi connectivity index (χ2v) is 2.44. The van der Waals surface area contributed by atoms with Gasteiger partial charge in [-0.25, -0.2) is 0 Å². The van der Waals surface area contributed by atoms with Crippen LogP contribution in [0.3, 0.4) is 0 Å². The lowest BCUT2D eigenvalue weighted by atomic mass is 9.93. The Labute approximate surface area is 81.7 Å². The van der Waals surface area contributed by atoms with E-state index in [0.717, 1.165) is 0 Å². The zero-order chi connectivity index (χ0) is 13.5. The van der Waals surface area contributed by atoms with E-state index in [1.165, 1.54) is 0 Å². The molecule has 0 bridgehead atoms. The van der Waals surface area contributed by atoms with Gasteiger partial charge in [-0.2, -0.15) is 0 Å². The Balaban J connectivity index is 2.66. The van der Waals surface area contributed by atoms with Crippen molar-refractivity contribution in [2.24, 2.45) is 0 Å². The molecule has 0 radical (unpaired) electrons. The second-order valence-electron chi connectivity index (χ2n) is 2.44. The molecule has 0 fully saturated rings. The Kier molecular flexibility index (Phi) is 0.910. The molecule has 0 aromatic heterocycles. The van der Waals surface area contributed by atoms with Gasteiger partial charge in [0.25, 0.3) is 0 Å². The average molecular weight is 162 g/mol. The number of hydrogen-bond donors (Lipinski definition) is 0.